The third kappa shape index (κ3) is 1.05. The Morgan fingerprint density at radius 1 is 1.40 bits per heavy atom. The molecule has 0 aromatic rings. The molecular weight excluding hydrogens is 122 g/mol. The Labute approximate surface area is 63.7 Å². The molecule has 0 spiro atoms. The van der Waals surface area contributed by atoms with Crippen LogP contribution in [0.25, 0.3) is 0 Å². The summed E-state index contributed by atoms with van der Waals surface area (Å²) in [5.41, 5.74) is 1.72. The van der Waals surface area contributed by atoms with Crippen LogP contribution in [0.3, 0.4) is 0 Å². The summed E-state index contributed by atoms with van der Waals surface area (Å²) < 4.78 is 0. The molecule has 0 amide bonds. The predicted octanol–water partition coefficient (Wildman–Crippen LogP) is 2.25. The molecule has 10 heavy (non-hydrogen) atoms. The average molecular weight is 139 g/mol. The van der Waals surface area contributed by atoms with Gasteiger partial charge in [0.1, 0.15) is 0 Å². The van der Waals surface area contributed by atoms with Crippen molar-refractivity contribution in [3.05, 3.63) is 12.3 Å². The van der Waals surface area contributed by atoms with Crippen LogP contribution in [0.2, 0.25) is 0 Å². The fraction of sp³-hybridized carbons (Fsp3) is 0.778. The minimum absolute atomic E-state index is 0.434. The standard InChI is InChI=1S/C9H17N/c1-8(10(3)4)9(2)6-5-7-9/h1,5-7H2,2-4H3. The van der Waals surface area contributed by atoms with Crippen molar-refractivity contribution in [2.75, 3.05) is 14.1 Å². The lowest BCUT2D eigenvalue weighted by Crippen LogP contribution is -2.33. The van der Waals surface area contributed by atoms with Crippen molar-refractivity contribution < 1.29 is 0 Å². The van der Waals surface area contributed by atoms with Gasteiger partial charge in [0.15, 0.2) is 0 Å². The zero-order chi connectivity index (χ0) is 7.78. The van der Waals surface area contributed by atoms with Gasteiger partial charge in [-0.15, -0.1) is 0 Å². The Morgan fingerprint density at radius 2 is 1.90 bits per heavy atom. The van der Waals surface area contributed by atoms with Crippen molar-refractivity contribution in [1.82, 2.24) is 4.90 Å². The molecule has 0 N–H and O–H groups in total. The molecule has 58 valence electrons. The van der Waals surface area contributed by atoms with Crippen LogP contribution in [0.5, 0.6) is 0 Å². The van der Waals surface area contributed by atoms with Gasteiger partial charge in [0.05, 0.1) is 0 Å². The van der Waals surface area contributed by atoms with E-state index in [0.29, 0.717) is 5.41 Å². The first kappa shape index (κ1) is 7.64. The topological polar surface area (TPSA) is 3.24 Å². The predicted molar refractivity (Wildman–Crippen MR) is 44.8 cm³/mol. The molecule has 0 radical (unpaired) electrons. The van der Waals surface area contributed by atoms with Crippen LogP contribution in [-0.4, -0.2) is 19.0 Å². The second-order valence-corrected chi connectivity index (χ2v) is 3.76. The number of rotatable bonds is 2. The maximum Gasteiger partial charge on any atom is 0.0115 e. The number of hydrogen-bond acceptors (Lipinski definition) is 1. The zero-order valence-electron chi connectivity index (χ0n) is 7.28. The van der Waals surface area contributed by atoms with E-state index >= 15 is 0 Å². The lowest BCUT2D eigenvalue weighted by Gasteiger charge is -2.42. The third-order valence-corrected chi connectivity index (χ3v) is 2.69. The molecule has 1 nitrogen and oxygen atoms in total. The Morgan fingerprint density at radius 3 is 2.00 bits per heavy atom. The van der Waals surface area contributed by atoms with Gasteiger partial charge in [-0.25, -0.2) is 0 Å². The quantitative estimate of drug-likeness (QED) is 0.567. The van der Waals surface area contributed by atoms with E-state index in [9.17, 15) is 0 Å². The summed E-state index contributed by atoms with van der Waals surface area (Å²) in [6.45, 7) is 6.38. The molecule has 0 aromatic carbocycles. The molecular formula is C9H17N. The zero-order valence-corrected chi connectivity index (χ0v) is 7.28. The highest BCUT2D eigenvalue weighted by molar-refractivity contribution is 5.10. The summed E-state index contributed by atoms with van der Waals surface area (Å²) in [6, 6.07) is 0. The number of hydrogen-bond donors (Lipinski definition) is 0. The summed E-state index contributed by atoms with van der Waals surface area (Å²) in [4.78, 5) is 2.14. The molecule has 1 fully saturated rings. The van der Waals surface area contributed by atoms with E-state index in [2.05, 4.69) is 32.5 Å². The largest absolute Gasteiger partial charge is 0.381 e. The Bertz CT molecular complexity index is 143. The van der Waals surface area contributed by atoms with Crippen LogP contribution in [-0.2, 0) is 0 Å². The van der Waals surface area contributed by atoms with Crippen molar-refractivity contribution in [2.24, 2.45) is 5.41 Å². The second kappa shape index (κ2) is 2.30. The van der Waals surface area contributed by atoms with Gasteiger partial charge in [-0.2, -0.15) is 0 Å². The summed E-state index contributed by atoms with van der Waals surface area (Å²) in [6.07, 6.45) is 4.03. The first-order valence-electron chi connectivity index (χ1n) is 3.93. The summed E-state index contributed by atoms with van der Waals surface area (Å²) in [5.74, 6) is 0. The van der Waals surface area contributed by atoms with Crippen molar-refractivity contribution in [3.63, 3.8) is 0 Å². The van der Waals surface area contributed by atoms with E-state index in [1.807, 2.05) is 0 Å². The van der Waals surface area contributed by atoms with E-state index in [0.717, 1.165) is 0 Å². The molecule has 0 atom stereocenters. The molecule has 1 aliphatic carbocycles. The van der Waals surface area contributed by atoms with E-state index in [4.69, 9.17) is 0 Å². The normalized spacial score (nSPS) is 21.5. The Kier molecular flexibility index (Phi) is 1.76. The van der Waals surface area contributed by atoms with Crippen molar-refractivity contribution in [3.8, 4) is 0 Å². The maximum atomic E-state index is 4.07. The van der Waals surface area contributed by atoms with E-state index in [1.54, 1.807) is 0 Å². The molecule has 1 rings (SSSR count). The summed E-state index contributed by atoms with van der Waals surface area (Å²) >= 11 is 0. The van der Waals surface area contributed by atoms with Crippen molar-refractivity contribution >= 4 is 0 Å². The van der Waals surface area contributed by atoms with Crippen LogP contribution in [0, 0.1) is 5.41 Å². The van der Waals surface area contributed by atoms with Crippen LogP contribution < -0.4 is 0 Å². The minimum atomic E-state index is 0.434. The van der Waals surface area contributed by atoms with E-state index < -0.39 is 0 Å². The van der Waals surface area contributed by atoms with Crippen LogP contribution in [0.1, 0.15) is 26.2 Å². The fourth-order valence-electron chi connectivity index (χ4n) is 1.54. The van der Waals surface area contributed by atoms with E-state index in [-0.39, 0.29) is 0 Å². The van der Waals surface area contributed by atoms with Crippen LogP contribution in [0.4, 0.5) is 0 Å². The highest BCUT2D eigenvalue weighted by Gasteiger charge is 2.35. The highest BCUT2D eigenvalue weighted by Crippen LogP contribution is 2.46. The molecule has 0 unspecified atom stereocenters. The van der Waals surface area contributed by atoms with Gasteiger partial charge in [-0.1, -0.05) is 19.9 Å². The fourth-order valence-corrected chi connectivity index (χ4v) is 1.54. The Balaban J connectivity index is 2.55. The van der Waals surface area contributed by atoms with Crippen molar-refractivity contribution in [2.45, 2.75) is 26.2 Å². The van der Waals surface area contributed by atoms with Gasteiger partial charge in [-0.05, 0) is 12.8 Å². The first-order chi connectivity index (χ1) is 4.56. The summed E-state index contributed by atoms with van der Waals surface area (Å²) in [5, 5.41) is 0. The second-order valence-electron chi connectivity index (χ2n) is 3.76. The van der Waals surface area contributed by atoms with Gasteiger partial charge in [0, 0.05) is 25.2 Å². The monoisotopic (exact) mass is 139 g/mol. The molecule has 1 saturated carbocycles. The third-order valence-electron chi connectivity index (χ3n) is 2.69. The van der Waals surface area contributed by atoms with Gasteiger partial charge in [0.2, 0.25) is 0 Å². The number of nitrogens with zero attached hydrogens (tertiary/aromatic N) is 1. The van der Waals surface area contributed by atoms with Gasteiger partial charge < -0.3 is 4.90 Å². The van der Waals surface area contributed by atoms with Crippen LogP contribution >= 0.6 is 0 Å². The lowest BCUT2D eigenvalue weighted by molar-refractivity contribution is 0.171. The SMILES string of the molecule is C=C(N(C)C)C1(C)CCC1. The van der Waals surface area contributed by atoms with Gasteiger partial charge in [-0.3, -0.25) is 0 Å². The molecule has 0 aliphatic heterocycles. The first-order valence-corrected chi connectivity index (χ1v) is 3.93. The molecule has 1 heteroatoms. The Hall–Kier alpha value is -0.460. The van der Waals surface area contributed by atoms with Gasteiger partial charge in [0.25, 0.3) is 0 Å². The van der Waals surface area contributed by atoms with Crippen molar-refractivity contribution in [1.29, 1.82) is 0 Å². The molecule has 0 saturated heterocycles. The molecule has 0 heterocycles. The average Bonchev–Trinajstić information content (AvgIpc) is 1.81. The minimum Gasteiger partial charge on any atom is -0.381 e. The molecule has 0 aromatic heterocycles. The summed E-state index contributed by atoms with van der Waals surface area (Å²) in [7, 11) is 4.15. The van der Waals surface area contributed by atoms with E-state index in [1.165, 1.54) is 25.0 Å². The highest BCUT2D eigenvalue weighted by atomic mass is 15.1. The maximum absolute atomic E-state index is 4.07. The van der Waals surface area contributed by atoms with Crippen LogP contribution in [0.15, 0.2) is 12.3 Å². The smallest absolute Gasteiger partial charge is 0.0115 e. The molecule has 1 aliphatic rings. The lowest BCUT2D eigenvalue weighted by atomic mass is 9.68. The number of allylic oxidation sites excluding steroid dienone is 1. The van der Waals surface area contributed by atoms with Gasteiger partial charge >= 0.3 is 0 Å². The molecule has 0 bridgehead atoms.